The molecule has 0 amide bonds. The summed E-state index contributed by atoms with van der Waals surface area (Å²) in [4.78, 5) is 0. The first-order chi connectivity index (χ1) is 5.74. The summed E-state index contributed by atoms with van der Waals surface area (Å²) in [6, 6.07) is 3.21. The third-order valence-corrected chi connectivity index (χ3v) is 1.44. The van der Waals surface area contributed by atoms with Gasteiger partial charge in [0.15, 0.2) is 0 Å². The minimum atomic E-state index is -0.480. The fraction of sp³-hybridized carbons (Fsp3) is 0.250. The highest BCUT2D eigenvalue weighted by Gasteiger charge is 2.01. The Morgan fingerprint density at radius 1 is 1.33 bits per heavy atom. The van der Waals surface area contributed by atoms with E-state index in [0.717, 1.165) is 18.2 Å². The van der Waals surface area contributed by atoms with Crippen molar-refractivity contribution in [3.63, 3.8) is 0 Å². The van der Waals surface area contributed by atoms with E-state index in [1.165, 1.54) is 0 Å². The summed E-state index contributed by atoms with van der Waals surface area (Å²) in [5, 5.41) is 10.8. The van der Waals surface area contributed by atoms with E-state index in [9.17, 15) is 8.78 Å². The van der Waals surface area contributed by atoms with Crippen LogP contribution in [0.1, 0.15) is 5.56 Å². The van der Waals surface area contributed by atoms with E-state index >= 15 is 0 Å². The first-order valence-electron chi connectivity index (χ1n) is 3.49. The molecule has 0 saturated carbocycles. The van der Waals surface area contributed by atoms with Gasteiger partial charge in [-0.2, -0.15) is 0 Å². The SMILES string of the molecule is OCNCc1cc(F)ccc1F. The molecule has 1 aromatic rings. The van der Waals surface area contributed by atoms with Crippen molar-refractivity contribution in [3.05, 3.63) is 35.4 Å². The number of nitrogens with one attached hydrogen (secondary N) is 1. The van der Waals surface area contributed by atoms with Crippen molar-refractivity contribution >= 4 is 0 Å². The second kappa shape index (κ2) is 4.13. The molecule has 0 fully saturated rings. The standard InChI is InChI=1S/C8H9F2NO/c9-7-1-2-8(10)6(3-7)4-11-5-12/h1-3,11-12H,4-5H2. The molecule has 12 heavy (non-hydrogen) atoms. The maximum atomic E-state index is 12.8. The number of hydrogen-bond acceptors (Lipinski definition) is 2. The fourth-order valence-corrected chi connectivity index (χ4v) is 0.869. The van der Waals surface area contributed by atoms with Crippen LogP contribution in [0.15, 0.2) is 18.2 Å². The fourth-order valence-electron chi connectivity index (χ4n) is 0.869. The van der Waals surface area contributed by atoms with Crippen LogP contribution < -0.4 is 5.32 Å². The molecule has 0 bridgehead atoms. The predicted octanol–water partition coefficient (Wildman–Crippen LogP) is 1.00. The van der Waals surface area contributed by atoms with E-state index in [1.807, 2.05) is 0 Å². The number of aliphatic hydroxyl groups excluding tert-OH is 1. The van der Waals surface area contributed by atoms with E-state index in [-0.39, 0.29) is 18.8 Å². The van der Waals surface area contributed by atoms with Crippen LogP contribution in [0.2, 0.25) is 0 Å². The molecule has 0 radical (unpaired) electrons. The third-order valence-electron chi connectivity index (χ3n) is 1.44. The highest BCUT2D eigenvalue weighted by atomic mass is 19.1. The minimum Gasteiger partial charge on any atom is -0.381 e. The van der Waals surface area contributed by atoms with Gasteiger partial charge in [-0.1, -0.05) is 0 Å². The molecule has 0 aliphatic carbocycles. The Morgan fingerprint density at radius 3 is 2.75 bits per heavy atom. The molecule has 2 N–H and O–H groups in total. The number of rotatable bonds is 3. The number of halogens is 2. The summed E-state index contributed by atoms with van der Waals surface area (Å²) >= 11 is 0. The van der Waals surface area contributed by atoms with Gasteiger partial charge < -0.3 is 5.11 Å². The van der Waals surface area contributed by atoms with E-state index in [4.69, 9.17) is 5.11 Å². The van der Waals surface area contributed by atoms with Gasteiger partial charge in [0.1, 0.15) is 11.6 Å². The monoisotopic (exact) mass is 173 g/mol. The maximum Gasteiger partial charge on any atom is 0.127 e. The van der Waals surface area contributed by atoms with Gasteiger partial charge in [-0.05, 0) is 18.2 Å². The van der Waals surface area contributed by atoms with Crippen molar-refractivity contribution in [1.29, 1.82) is 0 Å². The van der Waals surface area contributed by atoms with Gasteiger partial charge in [0, 0.05) is 12.1 Å². The molecule has 0 unspecified atom stereocenters. The summed E-state index contributed by atoms with van der Waals surface area (Å²) in [6.07, 6.45) is 0. The van der Waals surface area contributed by atoms with Gasteiger partial charge in [-0.15, -0.1) is 0 Å². The van der Waals surface area contributed by atoms with Crippen LogP contribution in [-0.2, 0) is 6.54 Å². The van der Waals surface area contributed by atoms with Crippen molar-refractivity contribution < 1.29 is 13.9 Å². The molecule has 0 aliphatic heterocycles. The second-order valence-electron chi connectivity index (χ2n) is 2.32. The topological polar surface area (TPSA) is 32.3 Å². The Bertz CT molecular complexity index is 265. The van der Waals surface area contributed by atoms with Gasteiger partial charge in [-0.3, -0.25) is 5.32 Å². The molecule has 0 saturated heterocycles. The normalized spacial score (nSPS) is 10.2. The van der Waals surface area contributed by atoms with Gasteiger partial charge in [-0.25, -0.2) is 8.78 Å². The Labute approximate surface area is 68.8 Å². The van der Waals surface area contributed by atoms with Crippen LogP contribution >= 0.6 is 0 Å². The quantitative estimate of drug-likeness (QED) is 0.668. The van der Waals surface area contributed by atoms with E-state index in [0.29, 0.717) is 0 Å². The first-order valence-corrected chi connectivity index (χ1v) is 3.49. The predicted molar refractivity (Wildman–Crippen MR) is 40.3 cm³/mol. The largest absolute Gasteiger partial charge is 0.381 e. The first kappa shape index (κ1) is 9.09. The third kappa shape index (κ3) is 2.25. The summed E-state index contributed by atoms with van der Waals surface area (Å²) in [7, 11) is 0. The molecule has 4 heteroatoms. The molecule has 0 aliphatic rings. The lowest BCUT2D eigenvalue weighted by atomic mass is 10.2. The van der Waals surface area contributed by atoms with Gasteiger partial charge in [0.2, 0.25) is 0 Å². The van der Waals surface area contributed by atoms with E-state index < -0.39 is 11.6 Å². The average Bonchev–Trinajstić information content (AvgIpc) is 2.07. The van der Waals surface area contributed by atoms with E-state index in [1.54, 1.807) is 0 Å². The van der Waals surface area contributed by atoms with Crippen LogP contribution in [0.3, 0.4) is 0 Å². The van der Waals surface area contributed by atoms with Crippen LogP contribution in [0.5, 0.6) is 0 Å². The number of hydrogen-bond donors (Lipinski definition) is 2. The van der Waals surface area contributed by atoms with Crippen molar-refractivity contribution in [3.8, 4) is 0 Å². The highest BCUT2D eigenvalue weighted by molar-refractivity contribution is 5.18. The Kier molecular flexibility index (Phi) is 3.13. The summed E-state index contributed by atoms with van der Waals surface area (Å²) in [6.45, 7) is -0.129. The Morgan fingerprint density at radius 2 is 2.08 bits per heavy atom. The van der Waals surface area contributed by atoms with Crippen molar-refractivity contribution in [2.24, 2.45) is 0 Å². The van der Waals surface area contributed by atoms with Gasteiger partial charge in [0.25, 0.3) is 0 Å². The molecule has 0 heterocycles. The summed E-state index contributed by atoms with van der Waals surface area (Å²) in [5.74, 6) is -0.955. The maximum absolute atomic E-state index is 12.8. The summed E-state index contributed by atoms with van der Waals surface area (Å²) < 4.78 is 25.3. The summed E-state index contributed by atoms with van der Waals surface area (Å²) in [5.41, 5.74) is 0.212. The van der Waals surface area contributed by atoms with Crippen molar-refractivity contribution in [1.82, 2.24) is 5.32 Å². The average molecular weight is 173 g/mol. The molecule has 1 rings (SSSR count). The van der Waals surface area contributed by atoms with Crippen LogP contribution in [0.4, 0.5) is 8.78 Å². The number of aliphatic hydroxyl groups is 1. The molecule has 66 valence electrons. The Balaban J connectivity index is 2.75. The van der Waals surface area contributed by atoms with Gasteiger partial charge >= 0.3 is 0 Å². The minimum absolute atomic E-state index is 0.125. The van der Waals surface area contributed by atoms with E-state index in [2.05, 4.69) is 5.32 Å². The number of benzene rings is 1. The van der Waals surface area contributed by atoms with Crippen molar-refractivity contribution in [2.45, 2.75) is 6.54 Å². The van der Waals surface area contributed by atoms with Gasteiger partial charge in [0.05, 0.1) is 6.73 Å². The molecule has 0 spiro atoms. The zero-order valence-corrected chi connectivity index (χ0v) is 6.35. The Hall–Kier alpha value is -1.00. The van der Waals surface area contributed by atoms with Crippen LogP contribution in [0.25, 0.3) is 0 Å². The molecule has 1 aromatic carbocycles. The zero-order valence-electron chi connectivity index (χ0n) is 6.35. The van der Waals surface area contributed by atoms with Crippen LogP contribution in [0, 0.1) is 11.6 Å². The molecular weight excluding hydrogens is 164 g/mol. The highest BCUT2D eigenvalue weighted by Crippen LogP contribution is 2.08. The van der Waals surface area contributed by atoms with Crippen molar-refractivity contribution in [2.75, 3.05) is 6.73 Å². The molecule has 0 aromatic heterocycles. The molecule has 0 atom stereocenters. The molecule has 2 nitrogen and oxygen atoms in total. The lowest BCUT2D eigenvalue weighted by Gasteiger charge is -2.02. The lowest BCUT2D eigenvalue weighted by molar-refractivity contribution is 0.258. The lowest BCUT2D eigenvalue weighted by Crippen LogP contribution is -2.14. The van der Waals surface area contributed by atoms with Crippen LogP contribution in [-0.4, -0.2) is 11.8 Å². The second-order valence-corrected chi connectivity index (χ2v) is 2.32. The smallest absolute Gasteiger partial charge is 0.127 e. The zero-order chi connectivity index (χ0) is 8.97. The molecular formula is C8H9F2NO.